The Bertz CT molecular complexity index is 732. The van der Waals surface area contributed by atoms with Crippen molar-refractivity contribution in [3.63, 3.8) is 0 Å². The van der Waals surface area contributed by atoms with Gasteiger partial charge in [-0.25, -0.2) is 13.1 Å². The standard InChI is InChI=1S/C13H13ClN2O3S/c1-16-20(17,18)9-6-7-11(15)13(8-9)19-12-5-3-2-4-10(12)14/h2-8,16H,15H2,1H3. The van der Waals surface area contributed by atoms with Crippen LogP contribution in [0.3, 0.4) is 0 Å². The number of sulfonamides is 1. The molecule has 0 fully saturated rings. The van der Waals surface area contributed by atoms with Crippen molar-refractivity contribution < 1.29 is 13.2 Å². The first kappa shape index (κ1) is 14.6. The molecule has 2 aromatic rings. The Labute approximate surface area is 122 Å². The number of hydrogen-bond acceptors (Lipinski definition) is 4. The fourth-order valence-electron chi connectivity index (χ4n) is 1.53. The van der Waals surface area contributed by atoms with E-state index in [4.69, 9.17) is 22.1 Å². The molecule has 3 N–H and O–H groups in total. The smallest absolute Gasteiger partial charge is 0.240 e. The number of halogens is 1. The highest BCUT2D eigenvalue weighted by Crippen LogP contribution is 2.33. The van der Waals surface area contributed by atoms with E-state index in [9.17, 15) is 8.42 Å². The van der Waals surface area contributed by atoms with Gasteiger partial charge in [-0.15, -0.1) is 0 Å². The van der Waals surface area contributed by atoms with Crippen molar-refractivity contribution in [2.45, 2.75) is 4.90 Å². The second kappa shape index (κ2) is 5.70. The molecule has 0 aromatic heterocycles. The average molecular weight is 313 g/mol. The molecule has 7 heteroatoms. The molecule has 0 unspecified atom stereocenters. The molecule has 5 nitrogen and oxygen atoms in total. The topological polar surface area (TPSA) is 81.4 Å². The molecule has 106 valence electrons. The van der Waals surface area contributed by atoms with Crippen LogP contribution in [-0.4, -0.2) is 15.5 Å². The second-order valence-electron chi connectivity index (χ2n) is 3.94. The van der Waals surface area contributed by atoms with Crippen LogP contribution in [0.25, 0.3) is 0 Å². The number of nitrogens with two attached hydrogens (primary N) is 1. The lowest BCUT2D eigenvalue weighted by Crippen LogP contribution is -2.18. The number of hydrogen-bond donors (Lipinski definition) is 2. The van der Waals surface area contributed by atoms with E-state index in [1.165, 1.54) is 25.2 Å². The number of nitrogens with one attached hydrogen (secondary N) is 1. The van der Waals surface area contributed by atoms with Gasteiger partial charge in [-0.3, -0.25) is 0 Å². The van der Waals surface area contributed by atoms with Crippen LogP contribution < -0.4 is 15.2 Å². The van der Waals surface area contributed by atoms with Gasteiger partial charge >= 0.3 is 0 Å². The second-order valence-corrected chi connectivity index (χ2v) is 6.23. The van der Waals surface area contributed by atoms with E-state index in [1.807, 2.05) is 0 Å². The molecule has 0 aliphatic rings. The normalized spacial score (nSPS) is 11.3. The Morgan fingerprint density at radius 3 is 2.50 bits per heavy atom. The van der Waals surface area contributed by atoms with Crippen molar-refractivity contribution in [2.75, 3.05) is 12.8 Å². The molecule has 0 atom stereocenters. The summed E-state index contributed by atoms with van der Waals surface area (Å²) in [6.07, 6.45) is 0. The molecule has 0 heterocycles. The lowest BCUT2D eigenvalue weighted by atomic mass is 10.3. The molecular formula is C13H13ClN2O3S. The Balaban J connectivity index is 2.42. The maximum atomic E-state index is 11.8. The molecule has 0 saturated carbocycles. The van der Waals surface area contributed by atoms with Crippen LogP contribution >= 0.6 is 11.6 Å². The third kappa shape index (κ3) is 3.04. The molecule has 0 spiro atoms. The number of rotatable bonds is 4. The summed E-state index contributed by atoms with van der Waals surface area (Å²) >= 11 is 5.99. The predicted molar refractivity (Wildman–Crippen MR) is 78.6 cm³/mol. The maximum Gasteiger partial charge on any atom is 0.240 e. The minimum atomic E-state index is -3.56. The Kier molecular flexibility index (Phi) is 4.17. The third-order valence-electron chi connectivity index (χ3n) is 2.62. The van der Waals surface area contributed by atoms with Gasteiger partial charge in [0.15, 0.2) is 5.75 Å². The van der Waals surface area contributed by atoms with Gasteiger partial charge in [0, 0.05) is 6.07 Å². The summed E-state index contributed by atoms with van der Waals surface area (Å²) in [7, 11) is -2.22. The van der Waals surface area contributed by atoms with Crippen LogP contribution in [0.1, 0.15) is 0 Å². The van der Waals surface area contributed by atoms with Gasteiger partial charge in [0.2, 0.25) is 10.0 Å². The van der Waals surface area contributed by atoms with Gasteiger partial charge in [0.05, 0.1) is 15.6 Å². The summed E-state index contributed by atoms with van der Waals surface area (Å²) in [5, 5.41) is 0.411. The Morgan fingerprint density at radius 2 is 1.85 bits per heavy atom. The van der Waals surface area contributed by atoms with Gasteiger partial charge < -0.3 is 10.5 Å². The number of para-hydroxylation sites is 1. The molecule has 0 radical (unpaired) electrons. The van der Waals surface area contributed by atoms with Gasteiger partial charge in [-0.2, -0.15) is 0 Å². The van der Waals surface area contributed by atoms with Gasteiger partial charge in [-0.1, -0.05) is 23.7 Å². The third-order valence-corrected chi connectivity index (χ3v) is 4.34. The van der Waals surface area contributed by atoms with Crippen molar-refractivity contribution in [3.8, 4) is 11.5 Å². The molecule has 0 aliphatic carbocycles. The first-order valence-corrected chi connectivity index (χ1v) is 7.55. The van der Waals surface area contributed by atoms with E-state index in [-0.39, 0.29) is 10.6 Å². The summed E-state index contributed by atoms with van der Waals surface area (Å²) < 4.78 is 31.3. The number of ether oxygens (including phenoxy) is 1. The fraction of sp³-hybridized carbons (Fsp3) is 0.0769. The lowest BCUT2D eigenvalue weighted by Gasteiger charge is -2.11. The highest BCUT2D eigenvalue weighted by Gasteiger charge is 2.14. The highest BCUT2D eigenvalue weighted by molar-refractivity contribution is 7.89. The van der Waals surface area contributed by atoms with Crippen molar-refractivity contribution in [1.29, 1.82) is 0 Å². The summed E-state index contributed by atoms with van der Waals surface area (Å²) in [6, 6.07) is 11.1. The van der Waals surface area contributed by atoms with Crippen molar-refractivity contribution >= 4 is 27.3 Å². The van der Waals surface area contributed by atoms with E-state index < -0.39 is 10.0 Å². The predicted octanol–water partition coefficient (Wildman–Crippen LogP) is 2.62. The molecular weight excluding hydrogens is 300 g/mol. The highest BCUT2D eigenvalue weighted by atomic mass is 35.5. The minimum Gasteiger partial charge on any atom is -0.454 e. The first-order chi connectivity index (χ1) is 9.44. The van der Waals surface area contributed by atoms with Gasteiger partial charge in [0.25, 0.3) is 0 Å². The summed E-state index contributed by atoms with van der Waals surface area (Å²) in [5.74, 6) is 0.634. The Morgan fingerprint density at radius 1 is 1.15 bits per heavy atom. The molecule has 2 rings (SSSR count). The van der Waals surface area contributed by atoms with Crippen LogP contribution in [0, 0.1) is 0 Å². The van der Waals surface area contributed by atoms with Crippen LogP contribution in [0.5, 0.6) is 11.5 Å². The van der Waals surface area contributed by atoms with E-state index in [1.54, 1.807) is 24.3 Å². The fourth-order valence-corrected chi connectivity index (χ4v) is 2.45. The zero-order chi connectivity index (χ0) is 14.8. The SMILES string of the molecule is CNS(=O)(=O)c1ccc(N)c(Oc2ccccc2Cl)c1. The summed E-state index contributed by atoms with van der Waals surface area (Å²) in [6.45, 7) is 0. The van der Waals surface area contributed by atoms with Gasteiger partial charge in [0.1, 0.15) is 5.75 Å². The molecule has 0 aliphatic heterocycles. The zero-order valence-electron chi connectivity index (χ0n) is 10.6. The molecule has 0 amide bonds. The van der Waals surface area contributed by atoms with Crippen LogP contribution in [0.15, 0.2) is 47.4 Å². The van der Waals surface area contributed by atoms with E-state index in [2.05, 4.69) is 4.72 Å². The quantitative estimate of drug-likeness (QED) is 0.850. The van der Waals surface area contributed by atoms with E-state index in [0.29, 0.717) is 16.5 Å². The van der Waals surface area contributed by atoms with Crippen LogP contribution in [0.4, 0.5) is 5.69 Å². The van der Waals surface area contributed by atoms with Gasteiger partial charge in [-0.05, 0) is 31.3 Å². The largest absolute Gasteiger partial charge is 0.454 e. The number of benzene rings is 2. The average Bonchev–Trinajstić information content (AvgIpc) is 2.43. The van der Waals surface area contributed by atoms with Crippen molar-refractivity contribution in [3.05, 3.63) is 47.5 Å². The molecule has 0 saturated heterocycles. The molecule has 2 aromatic carbocycles. The molecule has 0 bridgehead atoms. The van der Waals surface area contributed by atoms with E-state index in [0.717, 1.165) is 0 Å². The lowest BCUT2D eigenvalue weighted by molar-refractivity contribution is 0.483. The summed E-state index contributed by atoms with van der Waals surface area (Å²) in [4.78, 5) is 0.0660. The van der Waals surface area contributed by atoms with Crippen molar-refractivity contribution in [2.24, 2.45) is 0 Å². The van der Waals surface area contributed by atoms with Crippen LogP contribution in [-0.2, 0) is 10.0 Å². The summed E-state index contributed by atoms with van der Waals surface area (Å²) in [5.41, 5.74) is 6.11. The van der Waals surface area contributed by atoms with Crippen LogP contribution in [0.2, 0.25) is 5.02 Å². The maximum absolute atomic E-state index is 11.8. The zero-order valence-corrected chi connectivity index (χ0v) is 12.2. The monoisotopic (exact) mass is 312 g/mol. The van der Waals surface area contributed by atoms with E-state index >= 15 is 0 Å². The van der Waals surface area contributed by atoms with Crippen molar-refractivity contribution in [1.82, 2.24) is 4.72 Å². The number of nitrogen functional groups attached to an aromatic ring is 1. The number of anilines is 1. The minimum absolute atomic E-state index is 0.0660. The first-order valence-electron chi connectivity index (χ1n) is 5.69. The molecule has 20 heavy (non-hydrogen) atoms. The Hall–Kier alpha value is -1.76.